The molecule has 1 amide bonds. The molecule has 3 atom stereocenters. The van der Waals surface area contributed by atoms with Gasteiger partial charge in [0.25, 0.3) is 7.82 Å². The van der Waals surface area contributed by atoms with Gasteiger partial charge >= 0.3 is 0 Å². The lowest BCUT2D eigenvalue weighted by molar-refractivity contribution is -0.870. The number of rotatable bonds is 52. The van der Waals surface area contributed by atoms with Gasteiger partial charge in [-0.05, 0) is 83.5 Å². The van der Waals surface area contributed by atoms with Crippen molar-refractivity contribution in [3.63, 3.8) is 0 Å². The summed E-state index contributed by atoms with van der Waals surface area (Å²) in [6.45, 7) is 4.47. The number of allylic oxidation sites excluding steroid dienone is 15. The van der Waals surface area contributed by atoms with Gasteiger partial charge in [-0.15, -0.1) is 0 Å². The van der Waals surface area contributed by atoms with Crippen LogP contribution in [0.25, 0.3) is 0 Å². The Hall–Kier alpha value is -2.58. The van der Waals surface area contributed by atoms with E-state index in [9.17, 15) is 19.4 Å². The first kappa shape index (κ1) is 68.4. The Bertz CT molecular complexity index is 1470. The van der Waals surface area contributed by atoms with Gasteiger partial charge < -0.3 is 28.8 Å². The van der Waals surface area contributed by atoms with Crippen molar-refractivity contribution in [3.8, 4) is 0 Å². The molecule has 2 N–H and O–H groups in total. The molecule has 0 aromatic rings. The maximum absolute atomic E-state index is 12.9. The number of hydrogen-bond donors (Lipinski definition) is 2. The fourth-order valence-electron chi connectivity index (χ4n) is 8.00. The molecule has 0 aliphatic carbocycles. The zero-order valence-corrected chi connectivity index (χ0v) is 47.5. The van der Waals surface area contributed by atoms with E-state index in [1.54, 1.807) is 6.08 Å². The van der Waals surface area contributed by atoms with Gasteiger partial charge in [-0.2, -0.15) is 0 Å². The molecule has 9 heteroatoms. The summed E-state index contributed by atoms with van der Waals surface area (Å²) in [5.41, 5.74) is 0. The number of unbranched alkanes of at least 4 members (excludes halogenated alkanes) is 25. The number of phosphoric ester groups is 1. The Morgan fingerprint density at radius 2 is 0.873 bits per heavy atom. The molecule has 0 saturated heterocycles. The van der Waals surface area contributed by atoms with E-state index in [0.717, 1.165) is 77.0 Å². The van der Waals surface area contributed by atoms with Crippen molar-refractivity contribution < 1.29 is 32.9 Å². The average molecular weight is 1010 g/mol. The van der Waals surface area contributed by atoms with Gasteiger partial charge in [-0.25, -0.2) is 0 Å². The molecule has 0 fully saturated rings. The molecule has 8 nitrogen and oxygen atoms in total. The third-order valence-electron chi connectivity index (χ3n) is 12.5. The number of amides is 1. The minimum atomic E-state index is -4.60. The number of nitrogens with zero attached hydrogens (tertiary/aromatic N) is 1. The van der Waals surface area contributed by atoms with Crippen LogP contribution in [-0.2, 0) is 18.4 Å². The lowest BCUT2D eigenvalue weighted by atomic mass is 10.0. The van der Waals surface area contributed by atoms with Gasteiger partial charge in [0.15, 0.2) is 0 Å². The molecule has 3 unspecified atom stereocenters. The number of quaternary nitrogens is 1. The Balaban J connectivity index is 3.90. The van der Waals surface area contributed by atoms with E-state index in [2.05, 4.69) is 104 Å². The van der Waals surface area contributed by atoms with Crippen LogP contribution in [0.3, 0.4) is 0 Å². The smallest absolute Gasteiger partial charge is 0.268 e. The van der Waals surface area contributed by atoms with Crippen LogP contribution in [0.1, 0.15) is 239 Å². The number of likely N-dealkylation sites (N-methyl/N-ethyl adjacent to an activating group) is 1. The summed E-state index contributed by atoms with van der Waals surface area (Å²) in [5, 5.41) is 13.8. The largest absolute Gasteiger partial charge is 0.756 e. The van der Waals surface area contributed by atoms with Crippen LogP contribution in [-0.4, -0.2) is 68.5 Å². The molecule has 0 bridgehead atoms. The first-order valence-electron chi connectivity index (χ1n) is 29.1. The molecule has 0 aromatic carbocycles. The summed E-state index contributed by atoms with van der Waals surface area (Å²) in [6, 6.07) is -0.904. The first-order chi connectivity index (χ1) is 34.5. The standard InChI is InChI=1S/C62H111N2O6P/c1-6-8-10-12-14-16-18-19-20-21-22-23-24-25-26-27-28-29-30-31-32-33-34-35-36-37-38-39-40-41-42-43-44-45-46-48-50-52-54-56-62(66)63-60(59-70-71(67,68)69-58-57-64(3,4)5)61(65)55-53-51-49-47-17-15-13-11-9-7-2/h8,10,14,16-17,19-20,22-23,25-26,28-29,47,53,55,60-61,65H,6-7,9,11-13,15,18,21,24,27,30-46,48-52,54,56-59H2,1-5H3,(H-,63,66,67,68)/b10-8-,16-14-,20-19-,23-22-,26-25-,29-28-,47-17+,55-53+. The quantitative estimate of drug-likeness (QED) is 0.0272. The number of aliphatic hydroxyl groups excluding tert-OH is 1. The van der Waals surface area contributed by atoms with E-state index in [1.165, 1.54) is 141 Å². The fraction of sp³-hybridized carbons (Fsp3) is 0.726. The summed E-state index contributed by atoms with van der Waals surface area (Å²) in [7, 11) is 1.24. The molecule has 0 aromatic heterocycles. The fourth-order valence-corrected chi connectivity index (χ4v) is 8.72. The summed E-state index contributed by atoms with van der Waals surface area (Å²) in [6.07, 6.45) is 75.2. The van der Waals surface area contributed by atoms with Gasteiger partial charge in [-0.3, -0.25) is 9.36 Å². The molecular formula is C62H111N2O6P. The molecule has 71 heavy (non-hydrogen) atoms. The molecule has 0 spiro atoms. The monoisotopic (exact) mass is 1010 g/mol. The second kappa shape index (κ2) is 52.3. The third-order valence-corrected chi connectivity index (χ3v) is 13.5. The highest BCUT2D eigenvalue weighted by atomic mass is 31.2. The topological polar surface area (TPSA) is 108 Å². The second-order valence-corrected chi connectivity index (χ2v) is 22.0. The van der Waals surface area contributed by atoms with E-state index < -0.39 is 26.6 Å². The summed E-state index contributed by atoms with van der Waals surface area (Å²) in [5.74, 6) is -0.210. The van der Waals surface area contributed by atoms with Crippen LogP contribution < -0.4 is 10.2 Å². The van der Waals surface area contributed by atoms with Crippen molar-refractivity contribution in [2.24, 2.45) is 0 Å². The lowest BCUT2D eigenvalue weighted by Gasteiger charge is -2.29. The average Bonchev–Trinajstić information content (AvgIpc) is 3.33. The zero-order chi connectivity index (χ0) is 52.0. The van der Waals surface area contributed by atoms with Crippen molar-refractivity contribution in [1.82, 2.24) is 5.32 Å². The van der Waals surface area contributed by atoms with E-state index in [4.69, 9.17) is 9.05 Å². The van der Waals surface area contributed by atoms with Crippen molar-refractivity contribution in [1.29, 1.82) is 0 Å². The Morgan fingerprint density at radius 3 is 1.31 bits per heavy atom. The van der Waals surface area contributed by atoms with E-state index in [1.807, 2.05) is 27.2 Å². The number of carbonyl (C=O) groups is 1. The number of nitrogens with one attached hydrogen (secondary N) is 1. The second-order valence-electron chi connectivity index (χ2n) is 20.6. The van der Waals surface area contributed by atoms with Crippen molar-refractivity contribution in [2.75, 3.05) is 40.9 Å². The van der Waals surface area contributed by atoms with Gasteiger partial charge in [0.2, 0.25) is 5.91 Å². The number of phosphoric acid groups is 1. The minimum Gasteiger partial charge on any atom is -0.756 e. The van der Waals surface area contributed by atoms with Crippen LogP contribution in [0.4, 0.5) is 0 Å². The van der Waals surface area contributed by atoms with Crippen molar-refractivity contribution in [2.45, 2.75) is 251 Å². The number of aliphatic hydroxyl groups is 1. The molecule has 0 saturated carbocycles. The van der Waals surface area contributed by atoms with Crippen LogP contribution in [0.5, 0.6) is 0 Å². The van der Waals surface area contributed by atoms with Gasteiger partial charge in [0, 0.05) is 6.42 Å². The van der Waals surface area contributed by atoms with E-state index in [-0.39, 0.29) is 12.5 Å². The minimum absolute atomic E-state index is 0.00846. The maximum Gasteiger partial charge on any atom is 0.268 e. The van der Waals surface area contributed by atoms with Crippen LogP contribution in [0.15, 0.2) is 97.2 Å². The zero-order valence-electron chi connectivity index (χ0n) is 46.6. The van der Waals surface area contributed by atoms with Crippen LogP contribution in [0, 0.1) is 0 Å². The highest BCUT2D eigenvalue weighted by molar-refractivity contribution is 7.45. The normalized spacial score (nSPS) is 14.6. The Morgan fingerprint density at radius 1 is 0.507 bits per heavy atom. The Labute approximate surface area is 439 Å². The molecule has 0 heterocycles. The van der Waals surface area contributed by atoms with Crippen molar-refractivity contribution >= 4 is 13.7 Å². The highest BCUT2D eigenvalue weighted by Crippen LogP contribution is 2.38. The third kappa shape index (κ3) is 55.0. The predicted octanol–water partition coefficient (Wildman–Crippen LogP) is 17.2. The molecule has 0 aliphatic rings. The molecular weight excluding hydrogens is 900 g/mol. The lowest BCUT2D eigenvalue weighted by Crippen LogP contribution is -2.45. The Kier molecular flexibility index (Phi) is 50.4. The number of hydrogen-bond acceptors (Lipinski definition) is 6. The summed E-state index contributed by atoms with van der Waals surface area (Å²) >= 11 is 0. The first-order valence-corrected chi connectivity index (χ1v) is 30.6. The highest BCUT2D eigenvalue weighted by Gasteiger charge is 2.23. The van der Waals surface area contributed by atoms with Crippen LogP contribution in [0.2, 0.25) is 0 Å². The molecule has 0 radical (unpaired) electrons. The van der Waals surface area contributed by atoms with E-state index >= 15 is 0 Å². The molecule has 0 aliphatic heterocycles. The van der Waals surface area contributed by atoms with Gasteiger partial charge in [0.05, 0.1) is 39.9 Å². The maximum atomic E-state index is 12.9. The van der Waals surface area contributed by atoms with Crippen molar-refractivity contribution in [3.05, 3.63) is 97.2 Å². The molecule has 410 valence electrons. The summed E-state index contributed by atoms with van der Waals surface area (Å²) in [4.78, 5) is 25.4. The van der Waals surface area contributed by atoms with Crippen LogP contribution >= 0.6 is 7.82 Å². The van der Waals surface area contributed by atoms with Gasteiger partial charge in [0.1, 0.15) is 13.2 Å². The molecule has 0 rings (SSSR count). The number of carbonyl (C=O) groups excluding carboxylic acids is 1. The van der Waals surface area contributed by atoms with E-state index in [0.29, 0.717) is 17.4 Å². The van der Waals surface area contributed by atoms with Gasteiger partial charge in [-0.1, -0.05) is 246 Å². The summed E-state index contributed by atoms with van der Waals surface area (Å²) < 4.78 is 23.2. The predicted molar refractivity (Wildman–Crippen MR) is 306 cm³/mol. The SMILES string of the molecule is CC/C=C\C/C=C\C/C=C\C/C=C\C/C=C\C/C=C\CCCCCCCCCCCCCCCCCCCCCCC(=O)NC(COP(=O)([O-])OCC[N+](C)(C)C)C(O)/C=C/CC/C=C/CCCCCC.